The first kappa shape index (κ1) is 14.2. The average molecular weight is 288 g/mol. The van der Waals surface area contributed by atoms with Gasteiger partial charge in [0.25, 0.3) is 0 Å². The van der Waals surface area contributed by atoms with Gasteiger partial charge in [-0.15, -0.1) is 0 Å². The molecule has 3 rings (SSSR count). The monoisotopic (exact) mass is 288 g/mol. The number of aryl methyl sites for hydroxylation is 1. The minimum absolute atomic E-state index is 0.725. The molecule has 0 saturated heterocycles. The van der Waals surface area contributed by atoms with Gasteiger partial charge in [-0.25, -0.2) is 0 Å². The quantitative estimate of drug-likeness (QED) is 0.623. The molecular formula is C20H16O2. The second-order valence-electron chi connectivity index (χ2n) is 5.16. The molecule has 2 aromatic carbocycles. The smallest absolute Gasteiger partial charge is 0.147 e. The first-order chi connectivity index (χ1) is 10.8. The highest BCUT2D eigenvalue weighted by atomic mass is 16.5. The Kier molecular flexibility index (Phi) is 4.07. The number of allylic oxidation sites excluding steroid dienone is 2. The third-order valence-corrected chi connectivity index (χ3v) is 3.81. The molecule has 0 radical (unpaired) electrons. The van der Waals surface area contributed by atoms with Gasteiger partial charge in [0.1, 0.15) is 12.0 Å². The molecule has 1 aliphatic carbocycles. The molecule has 1 aliphatic rings. The lowest BCUT2D eigenvalue weighted by Gasteiger charge is -2.18. The van der Waals surface area contributed by atoms with Crippen LogP contribution in [0, 0.1) is 11.8 Å². The number of fused-ring (bicyclic) bond motifs is 1. The number of rotatable bonds is 2. The summed E-state index contributed by atoms with van der Waals surface area (Å²) in [5.74, 6) is 7.18. The minimum atomic E-state index is 0.725. The Balaban J connectivity index is 2.06. The lowest BCUT2D eigenvalue weighted by atomic mass is 9.86. The number of hydrogen-bond acceptors (Lipinski definition) is 2. The number of carbonyl (C=O) groups excluding carboxylic acids is 1. The van der Waals surface area contributed by atoms with Crippen LogP contribution in [0.4, 0.5) is 0 Å². The van der Waals surface area contributed by atoms with E-state index in [0.717, 1.165) is 47.2 Å². The van der Waals surface area contributed by atoms with Gasteiger partial charge in [-0.3, -0.25) is 4.79 Å². The van der Waals surface area contributed by atoms with Crippen molar-refractivity contribution < 1.29 is 9.53 Å². The maximum atomic E-state index is 11.4. The van der Waals surface area contributed by atoms with Crippen LogP contribution in [-0.4, -0.2) is 13.4 Å². The van der Waals surface area contributed by atoms with Crippen molar-refractivity contribution in [3.8, 4) is 17.6 Å². The Morgan fingerprint density at radius 3 is 2.59 bits per heavy atom. The van der Waals surface area contributed by atoms with Crippen LogP contribution in [0.15, 0.2) is 54.1 Å². The molecule has 0 heterocycles. The summed E-state index contributed by atoms with van der Waals surface area (Å²) in [5, 5.41) is 0. The molecule has 0 aromatic heterocycles. The molecule has 22 heavy (non-hydrogen) atoms. The summed E-state index contributed by atoms with van der Waals surface area (Å²) in [6.07, 6.45) is 2.50. The highest BCUT2D eigenvalue weighted by Gasteiger charge is 2.18. The van der Waals surface area contributed by atoms with Crippen molar-refractivity contribution in [3.05, 3.63) is 70.8 Å². The number of carbonyl (C=O) groups is 1. The molecule has 0 bridgehead atoms. The van der Waals surface area contributed by atoms with Crippen LogP contribution in [0.2, 0.25) is 0 Å². The van der Waals surface area contributed by atoms with E-state index in [1.807, 2.05) is 48.5 Å². The van der Waals surface area contributed by atoms with E-state index in [9.17, 15) is 4.79 Å². The van der Waals surface area contributed by atoms with E-state index in [-0.39, 0.29) is 0 Å². The summed E-state index contributed by atoms with van der Waals surface area (Å²) < 4.78 is 5.28. The number of ether oxygens (including phenoxy) is 1. The Hall–Kier alpha value is -2.79. The molecule has 108 valence electrons. The van der Waals surface area contributed by atoms with Crippen molar-refractivity contribution in [1.29, 1.82) is 0 Å². The molecule has 0 saturated carbocycles. The summed E-state index contributed by atoms with van der Waals surface area (Å²) in [5.41, 5.74) is 4.78. The molecule has 0 unspecified atom stereocenters. The second-order valence-corrected chi connectivity index (χ2v) is 5.16. The van der Waals surface area contributed by atoms with Crippen LogP contribution in [-0.2, 0) is 11.2 Å². The number of benzene rings is 2. The van der Waals surface area contributed by atoms with Crippen molar-refractivity contribution >= 4 is 11.9 Å². The SMILES string of the molecule is COc1ccc2c(c1)CCC(C=O)=C2C#Cc1ccccc1. The van der Waals surface area contributed by atoms with E-state index in [1.165, 1.54) is 5.56 Å². The van der Waals surface area contributed by atoms with Crippen LogP contribution < -0.4 is 4.74 Å². The van der Waals surface area contributed by atoms with Gasteiger partial charge >= 0.3 is 0 Å². The zero-order valence-corrected chi connectivity index (χ0v) is 12.4. The number of methoxy groups -OCH3 is 1. The van der Waals surface area contributed by atoms with Crippen molar-refractivity contribution in [1.82, 2.24) is 0 Å². The first-order valence-corrected chi connectivity index (χ1v) is 7.24. The van der Waals surface area contributed by atoms with Crippen LogP contribution in [0.5, 0.6) is 5.75 Å². The van der Waals surface area contributed by atoms with Crippen LogP contribution >= 0.6 is 0 Å². The van der Waals surface area contributed by atoms with Crippen LogP contribution in [0.1, 0.15) is 23.1 Å². The standard InChI is InChI=1S/C20H16O2/c1-22-18-10-12-19-16(13-18)8-9-17(14-21)20(19)11-7-15-5-3-2-4-6-15/h2-6,10,12-14H,8-9H2,1H3. The first-order valence-electron chi connectivity index (χ1n) is 7.24. The van der Waals surface area contributed by atoms with Crippen molar-refractivity contribution in [2.24, 2.45) is 0 Å². The second kappa shape index (κ2) is 6.32. The largest absolute Gasteiger partial charge is 0.497 e. The topological polar surface area (TPSA) is 26.3 Å². The number of aldehydes is 1. The van der Waals surface area contributed by atoms with Crippen LogP contribution in [0.25, 0.3) is 5.57 Å². The molecule has 0 amide bonds. The predicted molar refractivity (Wildman–Crippen MR) is 87.6 cm³/mol. The summed E-state index contributed by atoms with van der Waals surface area (Å²) >= 11 is 0. The summed E-state index contributed by atoms with van der Waals surface area (Å²) in [6, 6.07) is 15.7. The van der Waals surface area contributed by atoms with E-state index in [1.54, 1.807) is 7.11 Å². The normalized spacial score (nSPS) is 13.0. The van der Waals surface area contributed by atoms with Crippen molar-refractivity contribution in [3.63, 3.8) is 0 Å². The summed E-state index contributed by atoms with van der Waals surface area (Å²) in [4.78, 5) is 11.4. The molecule has 0 fully saturated rings. The minimum Gasteiger partial charge on any atom is -0.497 e. The van der Waals surface area contributed by atoms with E-state index in [4.69, 9.17) is 4.74 Å². The Morgan fingerprint density at radius 2 is 1.86 bits per heavy atom. The van der Waals surface area contributed by atoms with E-state index < -0.39 is 0 Å². The Bertz CT molecular complexity index is 789. The maximum absolute atomic E-state index is 11.4. The summed E-state index contributed by atoms with van der Waals surface area (Å²) in [6.45, 7) is 0. The lowest BCUT2D eigenvalue weighted by molar-refractivity contribution is -0.105. The third-order valence-electron chi connectivity index (χ3n) is 3.81. The summed E-state index contributed by atoms with van der Waals surface area (Å²) in [7, 11) is 1.66. The van der Waals surface area contributed by atoms with Gasteiger partial charge in [0.2, 0.25) is 0 Å². The van der Waals surface area contributed by atoms with E-state index in [0.29, 0.717) is 0 Å². The van der Waals surface area contributed by atoms with E-state index in [2.05, 4.69) is 11.8 Å². The molecule has 0 N–H and O–H groups in total. The predicted octanol–water partition coefficient (Wildman–Crippen LogP) is 3.65. The molecule has 2 heteroatoms. The maximum Gasteiger partial charge on any atom is 0.147 e. The van der Waals surface area contributed by atoms with Gasteiger partial charge in [-0.2, -0.15) is 0 Å². The number of hydrogen-bond donors (Lipinski definition) is 0. The molecule has 2 nitrogen and oxygen atoms in total. The highest BCUT2D eigenvalue weighted by Crippen LogP contribution is 2.32. The van der Waals surface area contributed by atoms with E-state index >= 15 is 0 Å². The van der Waals surface area contributed by atoms with Crippen LogP contribution in [0.3, 0.4) is 0 Å². The average Bonchev–Trinajstić information content (AvgIpc) is 2.59. The van der Waals surface area contributed by atoms with Gasteiger partial charge in [0.15, 0.2) is 0 Å². The van der Waals surface area contributed by atoms with Gasteiger partial charge in [-0.05, 0) is 54.3 Å². The zero-order chi connectivity index (χ0) is 15.4. The molecule has 0 aliphatic heterocycles. The molecular weight excluding hydrogens is 272 g/mol. The van der Waals surface area contributed by atoms with Crippen molar-refractivity contribution in [2.45, 2.75) is 12.8 Å². The third kappa shape index (κ3) is 2.80. The van der Waals surface area contributed by atoms with Gasteiger partial charge in [0.05, 0.1) is 7.11 Å². The van der Waals surface area contributed by atoms with Crippen molar-refractivity contribution in [2.75, 3.05) is 7.11 Å². The Labute approximate surface area is 130 Å². The lowest BCUT2D eigenvalue weighted by Crippen LogP contribution is -2.05. The fraction of sp³-hybridized carbons (Fsp3) is 0.150. The zero-order valence-electron chi connectivity index (χ0n) is 12.4. The fourth-order valence-electron chi connectivity index (χ4n) is 2.64. The van der Waals surface area contributed by atoms with Gasteiger partial charge in [0, 0.05) is 16.7 Å². The molecule has 2 aromatic rings. The fourth-order valence-corrected chi connectivity index (χ4v) is 2.64. The van der Waals surface area contributed by atoms with Gasteiger partial charge in [-0.1, -0.05) is 30.0 Å². The Morgan fingerprint density at radius 1 is 1.05 bits per heavy atom. The molecule has 0 atom stereocenters. The highest BCUT2D eigenvalue weighted by molar-refractivity contribution is 5.96. The van der Waals surface area contributed by atoms with Gasteiger partial charge < -0.3 is 4.74 Å². The molecule has 0 spiro atoms.